The Balaban J connectivity index is 1.22. The van der Waals surface area contributed by atoms with E-state index >= 15 is 0 Å². The lowest BCUT2D eigenvalue weighted by Crippen LogP contribution is -2.00. The van der Waals surface area contributed by atoms with Crippen molar-refractivity contribution in [2.75, 3.05) is 21.3 Å². The van der Waals surface area contributed by atoms with Gasteiger partial charge in [0.25, 0.3) is 0 Å². The number of benzene rings is 7. The van der Waals surface area contributed by atoms with Crippen LogP contribution in [0.25, 0.3) is 66.8 Å². The first-order chi connectivity index (χ1) is 26.3. The van der Waals surface area contributed by atoms with E-state index in [2.05, 4.69) is 91.0 Å². The molecule has 0 bridgehead atoms. The molecule has 54 heavy (non-hydrogen) atoms. The Labute approximate surface area is 314 Å². The van der Waals surface area contributed by atoms with Crippen molar-refractivity contribution < 1.29 is 28.6 Å². The monoisotopic (exact) mass is 708 g/mol. The van der Waals surface area contributed by atoms with Gasteiger partial charge in [-0.3, -0.25) is 0 Å². The highest BCUT2D eigenvalue weighted by atomic mass is 16.5. The predicted octanol–water partition coefficient (Wildman–Crippen LogP) is 11.0. The van der Waals surface area contributed by atoms with Gasteiger partial charge in [0.05, 0.1) is 38.0 Å². The lowest BCUT2D eigenvalue weighted by molar-refractivity contribution is 0.0592. The zero-order chi connectivity index (χ0) is 37.6. The minimum atomic E-state index is -0.361. The molecule has 0 unspecified atom stereocenters. The average Bonchev–Trinajstić information content (AvgIpc) is 3.25. The lowest BCUT2D eigenvalue weighted by Gasteiger charge is -2.13. The van der Waals surface area contributed by atoms with Gasteiger partial charge in [-0.1, -0.05) is 109 Å². The van der Waals surface area contributed by atoms with Crippen LogP contribution in [0.5, 0.6) is 0 Å². The fraction of sp³-hybridized carbons (Fsp3) is 0.0625. The second-order valence-electron chi connectivity index (χ2n) is 12.7. The highest BCUT2D eigenvalue weighted by Crippen LogP contribution is 2.36. The van der Waals surface area contributed by atoms with E-state index in [0.29, 0.717) is 16.7 Å². The SMILES string of the molecule is COC(=O)c1ccc(-c2ccc(-c3cc(-c4ccc(-c5ccc(C(=O)OC)cc5)cc4)cc(-c4ccc(-c5ccc(C(=O)OC)cc5)cc4)c3)cc2)cc1. The van der Waals surface area contributed by atoms with E-state index in [4.69, 9.17) is 14.2 Å². The molecule has 7 rings (SSSR count). The number of rotatable bonds is 9. The minimum Gasteiger partial charge on any atom is -0.465 e. The quantitative estimate of drug-likeness (QED) is 0.110. The number of methoxy groups -OCH3 is 3. The van der Waals surface area contributed by atoms with Crippen molar-refractivity contribution in [2.45, 2.75) is 0 Å². The Morgan fingerprint density at radius 3 is 0.574 bits per heavy atom. The van der Waals surface area contributed by atoms with Crippen LogP contribution in [0.15, 0.2) is 164 Å². The molecule has 6 nitrogen and oxygen atoms in total. The number of hydrogen-bond acceptors (Lipinski definition) is 6. The maximum Gasteiger partial charge on any atom is 0.337 e. The van der Waals surface area contributed by atoms with Gasteiger partial charge < -0.3 is 14.2 Å². The second kappa shape index (κ2) is 15.7. The Kier molecular flexibility index (Phi) is 10.3. The molecule has 0 aliphatic heterocycles. The maximum atomic E-state index is 11.9. The molecule has 0 saturated heterocycles. The molecule has 0 spiro atoms. The summed E-state index contributed by atoms with van der Waals surface area (Å²) in [5, 5.41) is 0. The molecule has 0 fully saturated rings. The molecular weight excluding hydrogens is 673 g/mol. The molecule has 0 amide bonds. The molecule has 0 N–H and O–H groups in total. The molecule has 0 radical (unpaired) electrons. The molecule has 0 atom stereocenters. The molecule has 0 aromatic heterocycles. The molecule has 7 aromatic rings. The van der Waals surface area contributed by atoms with Crippen molar-refractivity contribution >= 4 is 17.9 Å². The zero-order valence-corrected chi connectivity index (χ0v) is 30.0. The van der Waals surface area contributed by atoms with E-state index in [1.807, 2.05) is 36.4 Å². The number of carbonyl (C=O) groups excluding carboxylic acids is 3. The van der Waals surface area contributed by atoms with E-state index in [1.54, 1.807) is 36.4 Å². The van der Waals surface area contributed by atoms with E-state index in [-0.39, 0.29) is 17.9 Å². The Morgan fingerprint density at radius 1 is 0.259 bits per heavy atom. The summed E-state index contributed by atoms with van der Waals surface area (Å²) >= 11 is 0. The van der Waals surface area contributed by atoms with Crippen molar-refractivity contribution in [1.82, 2.24) is 0 Å². The minimum absolute atomic E-state index is 0.361. The van der Waals surface area contributed by atoms with Gasteiger partial charge in [-0.05, 0) is 121 Å². The fourth-order valence-corrected chi connectivity index (χ4v) is 6.44. The summed E-state index contributed by atoms with van der Waals surface area (Å²) in [4.78, 5) is 35.8. The normalized spacial score (nSPS) is 10.7. The molecular formula is C48H36O6. The Morgan fingerprint density at radius 2 is 0.407 bits per heavy atom. The first-order valence-corrected chi connectivity index (χ1v) is 17.4. The molecule has 264 valence electrons. The van der Waals surface area contributed by atoms with E-state index in [0.717, 1.165) is 66.8 Å². The van der Waals surface area contributed by atoms with Crippen LogP contribution in [0, 0.1) is 0 Å². The van der Waals surface area contributed by atoms with Crippen LogP contribution in [0.3, 0.4) is 0 Å². The summed E-state index contributed by atoms with van der Waals surface area (Å²) in [6.45, 7) is 0. The van der Waals surface area contributed by atoms with Gasteiger partial charge in [-0.15, -0.1) is 0 Å². The average molecular weight is 709 g/mol. The van der Waals surface area contributed by atoms with E-state index < -0.39 is 0 Å². The smallest absolute Gasteiger partial charge is 0.337 e. The van der Waals surface area contributed by atoms with Gasteiger partial charge in [0.1, 0.15) is 0 Å². The molecule has 0 aliphatic rings. The predicted molar refractivity (Wildman–Crippen MR) is 213 cm³/mol. The van der Waals surface area contributed by atoms with Crippen molar-refractivity contribution in [3.05, 3.63) is 180 Å². The summed E-state index contributed by atoms with van der Waals surface area (Å²) in [5.41, 5.74) is 14.1. The molecule has 7 aromatic carbocycles. The van der Waals surface area contributed by atoms with Crippen LogP contribution in [0.1, 0.15) is 31.1 Å². The highest BCUT2D eigenvalue weighted by Gasteiger charge is 2.12. The first-order valence-electron chi connectivity index (χ1n) is 17.4. The van der Waals surface area contributed by atoms with Crippen LogP contribution in [-0.2, 0) is 14.2 Å². The third-order valence-electron chi connectivity index (χ3n) is 9.51. The zero-order valence-electron chi connectivity index (χ0n) is 30.0. The third kappa shape index (κ3) is 7.59. The largest absolute Gasteiger partial charge is 0.465 e. The van der Waals surface area contributed by atoms with Crippen molar-refractivity contribution in [3.63, 3.8) is 0 Å². The van der Waals surface area contributed by atoms with Gasteiger partial charge >= 0.3 is 17.9 Å². The van der Waals surface area contributed by atoms with Gasteiger partial charge in [0, 0.05) is 0 Å². The van der Waals surface area contributed by atoms with Crippen LogP contribution >= 0.6 is 0 Å². The molecule has 0 aliphatic carbocycles. The summed E-state index contributed by atoms with van der Waals surface area (Å²) in [5.74, 6) is -1.08. The van der Waals surface area contributed by atoms with Gasteiger partial charge in [0.2, 0.25) is 0 Å². The van der Waals surface area contributed by atoms with Crippen LogP contribution in [0.2, 0.25) is 0 Å². The topological polar surface area (TPSA) is 78.9 Å². The first kappa shape index (κ1) is 35.4. The summed E-state index contributed by atoms with van der Waals surface area (Å²) in [6, 6.07) is 54.1. The summed E-state index contributed by atoms with van der Waals surface area (Å²) in [7, 11) is 4.13. The maximum absolute atomic E-state index is 11.9. The third-order valence-corrected chi connectivity index (χ3v) is 9.51. The number of ether oxygens (including phenoxy) is 3. The fourth-order valence-electron chi connectivity index (χ4n) is 6.44. The standard InChI is InChI=1S/C48H36O6/c1-52-46(49)40-22-16-34(17-23-40)31-4-10-37(11-5-31)43-28-44(38-12-6-32(7-13-38)35-18-24-41(25-19-35)47(50)53-2)30-45(29-43)39-14-8-33(9-15-39)36-20-26-42(27-21-36)48(51)54-3/h4-30H,1-3H3. The van der Waals surface area contributed by atoms with Gasteiger partial charge in [-0.25, -0.2) is 14.4 Å². The number of carbonyl (C=O) groups is 3. The molecule has 0 heterocycles. The lowest BCUT2D eigenvalue weighted by atomic mass is 9.91. The van der Waals surface area contributed by atoms with Gasteiger partial charge in [-0.2, -0.15) is 0 Å². The van der Waals surface area contributed by atoms with E-state index in [9.17, 15) is 14.4 Å². The number of hydrogen-bond donors (Lipinski definition) is 0. The van der Waals surface area contributed by atoms with E-state index in [1.165, 1.54) is 21.3 Å². The Bertz CT molecular complexity index is 2140. The summed E-state index contributed by atoms with van der Waals surface area (Å²) in [6.07, 6.45) is 0. The second-order valence-corrected chi connectivity index (χ2v) is 12.7. The molecule has 6 heteroatoms. The summed E-state index contributed by atoms with van der Waals surface area (Å²) < 4.78 is 14.5. The van der Waals surface area contributed by atoms with Gasteiger partial charge in [0.15, 0.2) is 0 Å². The molecule has 0 saturated carbocycles. The highest BCUT2D eigenvalue weighted by molar-refractivity contribution is 5.91. The van der Waals surface area contributed by atoms with Crippen molar-refractivity contribution in [2.24, 2.45) is 0 Å². The van der Waals surface area contributed by atoms with Crippen LogP contribution in [-0.4, -0.2) is 39.2 Å². The van der Waals surface area contributed by atoms with Crippen LogP contribution in [0.4, 0.5) is 0 Å². The number of esters is 3. The van der Waals surface area contributed by atoms with Crippen molar-refractivity contribution in [3.8, 4) is 66.8 Å². The van der Waals surface area contributed by atoms with Crippen molar-refractivity contribution in [1.29, 1.82) is 0 Å². The Hall–Kier alpha value is -7.05. The van der Waals surface area contributed by atoms with Crippen LogP contribution < -0.4 is 0 Å².